The summed E-state index contributed by atoms with van der Waals surface area (Å²) >= 11 is 0. The summed E-state index contributed by atoms with van der Waals surface area (Å²) in [5.74, 6) is -1.94. The molecule has 0 bridgehead atoms. The molecule has 0 saturated heterocycles. The highest BCUT2D eigenvalue weighted by molar-refractivity contribution is 6.21. The molecule has 0 saturated carbocycles. The van der Waals surface area contributed by atoms with E-state index in [2.05, 4.69) is 11.4 Å². The molecule has 0 aromatic heterocycles. The van der Waals surface area contributed by atoms with Gasteiger partial charge in [-0.05, 0) is 55.9 Å². The van der Waals surface area contributed by atoms with Gasteiger partial charge in [-0.1, -0.05) is 42.0 Å². The first-order chi connectivity index (χ1) is 16.0. The second kappa shape index (κ2) is 10.3. The maximum Gasteiger partial charge on any atom is 0.338 e. The van der Waals surface area contributed by atoms with E-state index in [1.54, 1.807) is 0 Å². The summed E-state index contributed by atoms with van der Waals surface area (Å²) in [6.45, 7) is 0.265. The largest absolute Gasteiger partial charge is 0.452 e. The minimum absolute atomic E-state index is 0.122. The Labute approximate surface area is 192 Å². The van der Waals surface area contributed by atoms with Gasteiger partial charge in [0.05, 0.1) is 23.2 Å². The van der Waals surface area contributed by atoms with Gasteiger partial charge >= 0.3 is 5.97 Å². The lowest BCUT2D eigenvalue weighted by Crippen LogP contribution is -2.30. The highest BCUT2D eigenvalue weighted by Gasteiger charge is 2.36. The first-order valence-corrected chi connectivity index (χ1v) is 11.2. The minimum Gasteiger partial charge on any atom is -0.452 e. The molecule has 33 heavy (non-hydrogen) atoms. The highest BCUT2D eigenvalue weighted by atomic mass is 16.5. The van der Waals surface area contributed by atoms with Crippen LogP contribution in [0.2, 0.25) is 0 Å². The Morgan fingerprint density at radius 3 is 2.52 bits per heavy atom. The van der Waals surface area contributed by atoms with Crippen molar-refractivity contribution in [2.24, 2.45) is 0 Å². The Morgan fingerprint density at radius 2 is 1.76 bits per heavy atom. The third-order valence-electron chi connectivity index (χ3n) is 5.88. The fourth-order valence-electron chi connectivity index (χ4n) is 4.09. The van der Waals surface area contributed by atoms with Crippen LogP contribution in [0.3, 0.4) is 0 Å². The van der Waals surface area contributed by atoms with Crippen molar-refractivity contribution in [2.75, 3.05) is 13.2 Å². The smallest absolute Gasteiger partial charge is 0.338 e. The maximum absolute atomic E-state index is 12.8. The zero-order valence-corrected chi connectivity index (χ0v) is 18.3. The molecule has 0 fully saturated rings. The monoisotopic (exact) mass is 446 g/mol. The molecule has 1 heterocycles. The Kier molecular flexibility index (Phi) is 6.98. The van der Waals surface area contributed by atoms with Crippen molar-refractivity contribution in [1.82, 2.24) is 10.2 Å². The fraction of sp³-hybridized carbons (Fsp3) is 0.308. The van der Waals surface area contributed by atoms with Crippen LogP contribution < -0.4 is 5.32 Å². The maximum atomic E-state index is 12.8. The van der Waals surface area contributed by atoms with Crippen LogP contribution in [0, 0.1) is 0 Å². The molecule has 2 aromatic carbocycles. The predicted octanol–water partition coefficient (Wildman–Crippen LogP) is 3.65. The number of amides is 3. The number of benzene rings is 2. The Morgan fingerprint density at radius 1 is 0.970 bits per heavy atom. The van der Waals surface area contributed by atoms with Crippen molar-refractivity contribution in [3.05, 3.63) is 82.4 Å². The van der Waals surface area contributed by atoms with Gasteiger partial charge in [0.2, 0.25) is 0 Å². The third kappa shape index (κ3) is 5.37. The predicted molar refractivity (Wildman–Crippen MR) is 122 cm³/mol. The van der Waals surface area contributed by atoms with Crippen molar-refractivity contribution in [2.45, 2.75) is 38.6 Å². The van der Waals surface area contributed by atoms with Gasteiger partial charge in [0.15, 0.2) is 6.61 Å². The number of rotatable bonds is 8. The van der Waals surface area contributed by atoms with Crippen LogP contribution in [0.1, 0.15) is 68.7 Å². The molecular weight excluding hydrogens is 420 g/mol. The average molecular weight is 447 g/mol. The molecule has 1 aliphatic heterocycles. The van der Waals surface area contributed by atoms with Gasteiger partial charge in [0, 0.05) is 6.54 Å². The normalized spacial score (nSPS) is 15.2. The van der Waals surface area contributed by atoms with Crippen molar-refractivity contribution < 1.29 is 23.9 Å². The molecule has 3 amide bonds. The molecule has 7 nitrogen and oxygen atoms in total. The molecule has 0 unspecified atom stereocenters. The van der Waals surface area contributed by atoms with Gasteiger partial charge in [0.1, 0.15) is 0 Å². The molecule has 1 N–H and O–H groups in total. The lowest BCUT2D eigenvalue weighted by molar-refractivity contribution is -0.124. The van der Waals surface area contributed by atoms with Crippen LogP contribution in [0.15, 0.2) is 60.2 Å². The quantitative estimate of drug-likeness (QED) is 0.380. The van der Waals surface area contributed by atoms with E-state index in [0.717, 1.165) is 29.7 Å². The number of ether oxygens (including phenoxy) is 1. The number of hydrogen-bond acceptors (Lipinski definition) is 5. The van der Waals surface area contributed by atoms with E-state index in [0.29, 0.717) is 6.54 Å². The second-order valence-corrected chi connectivity index (χ2v) is 8.23. The zero-order valence-electron chi connectivity index (χ0n) is 18.3. The zero-order chi connectivity index (χ0) is 23.2. The number of carbonyl (C=O) groups excluding carboxylic acids is 4. The minimum atomic E-state index is -0.718. The van der Waals surface area contributed by atoms with E-state index in [4.69, 9.17) is 4.74 Å². The molecule has 0 spiro atoms. The van der Waals surface area contributed by atoms with Gasteiger partial charge in [-0.3, -0.25) is 19.3 Å². The second-order valence-electron chi connectivity index (χ2n) is 8.23. The van der Waals surface area contributed by atoms with E-state index in [-0.39, 0.29) is 29.1 Å². The number of esters is 1. The average Bonchev–Trinajstić information content (AvgIpc) is 3.08. The number of fused-ring (bicyclic) bond motifs is 1. The summed E-state index contributed by atoms with van der Waals surface area (Å²) in [5.41, 5.74) is 2.73. The lowest BCUT2D eigenvalue weighted by Gasteiger charge is -2.13. The summed E-state index contributed by atoms with van der Waals surface area (Å²) in [7, 11) is 0. The highest BCUT2D eigenvalue weighted by Crippen LogP contribution is 2.26. The number of nitrogens with one attached hydrogen (secondary N) is 1. The number of allylic oxidation sites excluding steroid dienone is 1. The molecule has 4 rings (SSSR count). The van der Waals surface area contributed by atoms with Gasteiger partial charge in [0.25, 0.3) is 17.7 Å². The topological polar surface area (TPSA) is 92.8 Å². The summed E-state index contributed by atoms with van der Waals surface area (Å²) < 4.78 is 5.10. The van der Waals surface area contributed by atoms with E-state index in [1.165, 1.54) is 36.6 Å². The molecular formula is C26H26N2O5. The van der Waals surface area contributed by atoms with Crippen LogP contribution in [0.4, 0.5) is 0 Å². The molecule has 0 radical (unpaired) electrons. The SMILES string of the molecule is O=C(COC(=O)c1ccc2c(c1)C(=O)N(Cc1ccccc1)C2=O)NCCC1=CCCCC1. The molecule has 0 atom stereocenters. The lowest BCUT2D eigenvalue weighted by atomic mass is 9.97. The van der Waals surface area contributed by atoms with E-state index in [1.807, 2.05) is 30.3 Å². The molecule has 7 heteroatoms. The Balaban J connectivity index is 1.31. The van der Waals surface area contributed by atoms with Crippen LogP contribution in [0.5, 0.6) is 0 Å². The van der Waals surface area contributed by atoms with Crippen molar-refractivity contribution in [1.29, 1.82) is 0 Å². The van der Waals surface area contributed by atoms with Crippen molar-refractivity contribution in [3.8, 4) is 0 Å². The fourth-order valence-corrected chi connectivity index (χ4v) is 4.09. The summed E-state index contributed by atoms with van der Waals surface area (Å²) in [6, 6.07) is 13.5. The van der Waals surface area contributed by atoms with Crippen molar-refractivity contribution in [3.63, 3.8) is 0 Å². The summed E-state index contributed by atoms with van der Waals surface area (Å²) in [5, 5.41) is 2.76. The van der Waals surface area contributed by atoms with Crippen LogP contribution in [-0.2, 0) is 16.1 Å². The standard InChI is InChI=1S/C26H26N2O5/c29-23(27-14-13-18-7-3-1-4-8-18)17-33-26(32)20-11-12-21-22(15-20)25(31)28(24(21)30)16-19-9-5-2-6-10-19/h2,5-7,9-12,15H,1,3-4,8,13-14,16-17H2,(H,27,29). The van der Waals surface area contributed by atoms with Crippen molar-refractivity contribution >= 4 is 23.7 Å². The first-order valence-electron chi connectivity index (χ1n) is 11.2. The van der Waals surface area contributed by atoms with E-state index < -0.39 is 24.4 Å². The molecule has 1 aliphatic carbocycles. The van der Waals surface area contributed by atoms with Gasteiger partial charge in [-0.15, -0.1) is 0 Å². The van der Waals surface area contributed by atoms with Crippen LogP contribution in [0.25, 0.3) is 0 Å². The van der Waals surface area contributed by atoms with E-state index in [9.17, 15) is 19.2 Å². The van der Waals surface area contributed by atoms with Gasteiger partial charge in [-0.2, -0.15) is 0 Å². The number of nitrogens with zero attached hydrogens (tertiary/aromatic N) is 1. The number of hydrogen-bond donors (Lipinski definition) is 1. The molecule has 170 valence electrons. The number of imide groups is 1. The first kappa shape index (κ1) is 22.5. The van der Waals surface area contributed by atoms with E-state index >= 15 is 0 Å². The van der Waals surface area contributed by atoms with Gasteiger partial charge < -0.3 is 10.1 Å². The Hall–Kier alpha value is -3.74. The number of carbonyl (C=O) groups is 4. The summed E-state index contributed by atoms with van der Waals surface area (Å²) in [4.78, 5) is 51.0. The summed E-state index contributed by atoms with van der Waals surface area (Å²) in [6.07, 6.45) is 7.62. The van der Waals surface area contributed by atoms with Crippen LogP contribution >= 0.6 is 0 Å². The van der Waals surface area contributed by atoms with Crippen LogP contribution in [-0.4, -0.2) is 41.7 Å². The third-order valence-corrected chi connectivity index (χ3v) is 5.88. The Bertz CT molecular complexity index is 1110. The molecule has 2 aliphatic rings. The van der Waals surface area contributed by atoms with Gasteiger partial charge in [-0.25, -0.2) is 4.79 Å². The molecule has 2 aromatic rings.